The second-order valence-electron chi connectivity index (χ2n) is 6.78. The molecule has 0 aromatic carbocycles. The number of nitrogens with two attached hydrogens (primary N) is 1. The van der Waals surface area contributed by atoms with Crippen LogP contribution in [0, 0.1) is 5.92 Å². The minimum absolute atomic E-state index is 0.0792. The summed E-state index contributed by atoms with van der Waals surface area (Å²) in [6, 6.07) is 5.25. The van der Waals surface area contributed by atoms with E-state index in [-0.39, 0.29) is 24.4 Å². The van der Waals surface area contributed by atoms with Crippen LogP contribution in [0.3, 0.4) is 0 Å². The van der Waals surface area contributed by atoms with Crippen molar-refractivity contribution in [2.45, 2.75) is 44.2 Å². The smallest absolute Gasteiger partial charge is 0.304 e. The highest BCUT2D eigenvalue weighted by molar-refractivity contribution is 5.92. The molecule has 2 aliphatic rings. The molecule has 3 rings (SSSR count). The van der Waals surface area contributed by atoms with E-state index >= 15 is 0 Å². The number of carboxylic acids is 1. The van der Waals surface area contributed by atoms with Gasteiger partial charge in [0.1, 0.15) is 11.5 Å². The molecule has 1 saturated heterocycles. The fourth-order valence-corrected chi connectivity index (χ4v) is 3.43. The molecule has 1 amide bonds. The number of anilines is 1. The number of carbonyl (C=O) groups excluding carboxylic acids is 1. The number of nitrogen functional groups attached to an aromatic ring is 1. The molecular weight excluding hydrogens is 308 g/mol. The molecule has 7 heteroatoms. The van der Waals surface area contributed by atoms with Crippen molar-refractivity contribution in [1.82, 2.24) is 15.2 Å². The van der Waals surface area contributed by atoms with Gasteiger partial charge in [-0.1, -0.05) is 6.07 Å². The number of hydrogen-bond donors (Lipinski definition) is 3. The van der Waals surface area contributed by atoms with Crippen LogP contribution in [0.4, 0.5) is 5.82 Å². The van der Waals surface area contributed by atoms with Crippen molar-refractivity contribution < 1.29 is 14.7 Å². The van der Waals surface area contributed by atoms with Crippen molar-refractivity contribution in [2.75, 3.05) is 18.8 Å². The summed E-state index contributed by atoms with van der Waals surface area (Å²) in [5.41, 5.74) is 5.92. The van der Waals surface area contributed by atoms with Gasteiger partial charge in [-0.3, -0.25) is 14.5 Å². The molecule has 4 N–H and O–H groups in total. The van der Waals surface area contributed by atoms with Crippen molar-refractivity contribution in [3.63, 3.8) is 0 Å². The Balaban J connectivity index is 1.58. The molecule has 1 aromatic rings. The minimum Gasteiger partial charge on any atom is -0.481 e. The molecule has 2 atom stereocenters. The molecule has 0 unspecified atom stereocenters. The van der Waals surface area contributed by atoms with E-state index < -0.39 is 5.97 Å². The predicted molar refractivity (Wildman–Crippen MR) is 89.5 cm³/mol. The maximum Gasteiger partial charge on any atom is 0.304 e. The molecule has 1 saturated carbocycles. The van der Waals surface area contributed by atoms with Gasteiger partial charge < -0.3 is 16.2 Å². The number of nitrogens with one attached hydrogen (secondary N) is 1. The lowest BCUT2D eigenvalue weighted by Gasteiger charge is -2.29. The Hall–Kier alpha value is -2.15. The molecule has 24 heavy (non-hydrogen) atoms. The normalized spacial score (nSPS) is 24.0. The van der Waals surface area contributed by atoms with E-state index in [0.717, 1.165) is 19.4 Å². The van der Waals surface area contributed by atoms with E-state index in [0.29, 0.717) is 24.0 Å². The Bertz CT molecular complexity index is 618. The second kappa shape index (κ2) is 7.17. The number of carboxylic acid groups (broad SMARTS) is 1. The lowest BCUT2D eigenvalue weighted by molar-refractivity contribution is -0.138. The van der Waals surface area contributed by atoms with Gasteiger partial charge in [-0.25, -0.2) is 4.98 Å². The molecule has 1 aromatic heterocycles. The van der Waals surface area contributed by atoms with E-state index in [9.17, 15) is 9.59 Å². The number of amides is 1. The van der Waals surface area contributed by atoms with Gasteiger partial charge in [0.25, 0.3) is 5.91 Å². The van der Waals surface area contributed by atoms with Crippen LogP contribution in [0.15, 0.2) is 18.2 Å². The van der Waals surface area contributed by atoms with Gasteiger partial charge in [-0.05, 0) is 43.7 Å². The van der Waals surface area contributed by atoms with Crippen molar-refractivity contribution in [2.24, 2.45) is 5.92 Å². The van der Waals surface area contributed by atoms with Crippen molar-refractivity contribution >= 4 is 17.7 Å². The zero-order valence-electron chi connectivity index (χ0n) is 13.6. The van der Waals surface area contributed by atoms with E-state index in [1.54, 1.807) is 18.2 Å². The fraction of sp³-hybridized carbons (Fsp3) is 0.588. The first kappa shape index (κ1) is 16.7. The Morgan fingerprint density at radius 1 is 1.25 bits per heavy atom. The zero-order chi connectivity index (χ0) is 17.1. The summed E-state index contributed by atoms with van der Waals surface area (Å²) in [5.74, 6) is 0.0124. The summed E-state index contributed by atoms with van der Waals surface area (Å²) in [6.07, 6.45) is 4.41. The molecule has 1 aliphatic carbocycles. The Morgan fingerprint density at radius 2 is 2.00 bits per heavy atom. The number of carbonyl (C=O) groups is 2. The molecular formula is C17H24N4O3. The number of aliphatic carboxylic acids is 1. The summed E-state index contributed by atoms with van der Waals surface area (Å²) in [5, 5.41) is 12.0. The third-order valence-corrected chi connectivity index (χ3v) is 4.85. The van der Waals surface area contributed by atoms with E-state index in [2.05, 4.69) is 15.2 Å². The van der Waals surface area contributed by atoms with Crippen LogP contribution in [-0.4, -0.2) is 52.0 Å². The average Bonchev–Trinajstić information content (AvgIpc) is 3.28. The molecule has 2 fully saturated rings. The standard InChI is InChI=1S/C17H24N4O3/c18-15-3-1-2-14(20-15)17(24)19-9-13-7-6-12(8-16(22)23)21(13)10-11-4-5-11/h1-3,11-13H,4-10H2,(H2,18,20)(H,19,24)(H,22,23)/t12-,13+/m1/s1. The number of aromatic nitrogens is 1. The van der Waals surface area contributed by atoms with Crippen molar-refractivity contribution in [3.05, 3.63) is 23.9 Å². The van der Waals surface area contributed by atoms with Crippen LogP contribution >= 0.6 is 0 Å². The predicted octanol–water partition coefficient (Wildman–Crippen LogP) is 1.11. The van der Waals surface area contributed by atoms with Crippen molar-refractivity contribution in [1.29, 1.82) is 0 Å². The van der Waals surface area contributed by atoms with Gasteiger partial charge in [0.2, 0.25) is 0 Å². The number of hydrogen-bond acceptors (Lipinski definition) is 5. The minimum atomic E-state index is -0.755. The van der Waals surface area contributed by atoms with Crippen LogP contribution in [-0.2, 0) is 4.79 Å². The highest BCUT2D eigenvalue weighted by Gasteiger charge is 2.38. The highest BCUT2D eigenvalue weighted by Crippen LogP contribution is 2.35. The van der Waals surface area contributed by atoms with Gasteiger partial charge in [-0.15, -0.1) is 0 Å². The first-order valence-electron chi connectivity index (χ1n) is 8.51. The summed E-state index contributed by atoms with van der Waals surface area (Å²) in [6.45, 7) is 1.45. The van der Waals surface area contributed by atoms with Crippen LogP contribution < -0.4 is 11.1 Å². The van der Waals surface area contributed by atoms with Gasteiger partial charge in [-0.2, -0.15) is 0 Å². The number of pyridine rings is 1. The summed E-state index contributed by atoms with van der Waals surface area (Å²) < 4.78 is 0. The number of rotatable bonds is 7. The van der Waals surface area contributed by atoms with E-state index in [1.165, 1.54) is 12.8 Å². The molecule has 130 valence electrons. The van der Waals surface area contributed by atoms with Crippen LogP contribution in [0.25, 0.3) is 0 Å². The van der Waals surface area contributed by atoms with Crippen LogP contribution in [0.2, 0.25) is 0 Å². The molecule has 7 nitrogen and oxygen atoms in total. The highest BCUT2D eigenvalue weighted by atomic mass is 16.4. The fourth-order valence-electron chi connectivity index (χ4n) is 3.43. The Morgan fingerprint density at radius 3 is 2.67 bits per heavy atom. The van der Waals surface area contributed by atoms with Gasteiger partial charge in [0.15, 0.2) is 0 Å². The van der Waals surface area contributed by atoms with Crippen LogP contribution in [0.1, 0.15) is 42.6 Å². The first-order chi connectivity index (χ1) is 11.5. The monoisotopic (exact) mass is 332 g/mol. The topological polar surface area (TPSA) is 109 Å². The average molecular weight is 332 g/mol. The lowest BCUT2D eigenvalue weighted by atomic mass is 10.1. The maximum absolute atomic E-state index is 12.2. The third kappa shape index (κ3) is 4.23. The lowest BCUT2D eigenvalue weighted by Crippen LogP contribution is -2.44. The number of nitrogens with zero attached hydrogens (tertiary/aromatic N) is 2. The second-order valence-corrected chi connectivity index (χ2v) is 6.78. The summed E-state index contributed by atoms with van der Waals surface area (Å²) in [7, 11) is 0. The molecule has 2 heterocycles. The maximum atomic E-state index is 12.2. The van der Waals surface area contributed by atoms with Gasteiger partial charge in [0, 0.05) is 25.2 Å². The SMILES string of the molecule is Nc1cccc(C(=O)NC[C@@H]2CC[C@H](CC(=O)O)N2CC2CC2)n1. The summed E-state index contributed by atoms with van der Waals surface area (Å²) >= 11 is 0. The van der Waals surface area contributed by atoms with Crippen LogP contribution in [0.5, 0.6) is 0 Å². The van der Waals surface area contributed by atoms with Crippen molar-refractivity contribution in [3.8, 4) is 0 Å². The molecule has 0 spiro atoms. The molecule has 0 radical (unpaired) electrons. The quantitative estimate of drug-likeness (QED) is 0.690. The molecule has 1 aliphatic heterocycles. The zero-order valence-corrected chi connectivity index (χ0v) is 13.6. The summed E-state index contributed by atoms with van der Waals surface area (Å²) in [4.78, 5) is 29.6. The largest absolute Gasteiger partial charge is 0.481 e. The molecule has 0 bridgehead atoms. The van der Waals surface area contributed by atoms with E-state index in [4.69, 9.17) is 10.8 Å². The first-order valence-corrected chi connectivity index (χ1v) is 8.51. The van der Waals surface area contributed by atoms with E-state index in [1.807, 2.05) is 0 Å². The van der Waals surface area contributed by atoms with Gasteiger partial charge >= 0.3 is 5.97 Å². The Kier molecular flexibility index (Phi) is 4.99. The van der Waals surface area contributed by atoms with Gasteiger partial charge in [0.05, 0.1) is 6.42 Å². The Labute approximate surface area is 141 Å². The third-order valence-electron chi connectivity index (χ3n) is 4.85. The number of likely N-dealkylation sites (tertiary alicyclic amines) is 1.